The number of benzene rings is 1. The minimum absolute atomic E-state index is 0.107. The summed E-state index contributed by atoms with van der Waals surface area (Å²) in [5, 5.41) is 35.0. The highest BCUT2D eigenvalue weighted by atomic mass is 16.6. The minimum Gasteiger partial charge on any atom is -0.618 e. The predicted molar refractivity (Wildman–Crippen MR) is 141 cm³/mol. The number of aliphatic imine (C=N–C) groups is 1. The molecule has 0 saturated carbocycles. The number of fused-ring (bicyclic) bond motifs is 3. The number of anilines is 2. The number of nitro groups is 1. The molecule has 1 N–H and O–H groups in total. The zero-order valence-electron chi connectivity index (χ0n) is 20.6. The summed E-state index contributed by atoms with van der Waals surface area (Å²) in [7, 11) is 0. The third-order valence-electron chi connectivity index (χ3n) is 7.05. The molecule has 1 atom stereocenters. The number of aliphatic hydroxyl groups is 1. The molecular weight excluding hydrogens is 490 g/mol. The second-order valence-electron chi connectivity index (χ2n) is 9.46. The number of nitrogens with zero attached hydrogens (tertiary/aromatic N) is 9. The van der Waals surface area contributed by atoms with Crippen LogP contribution in [0.2, 0.25) is 0 Å². The molecule has 5 heterocycles. The summed E-state index contributed by atoms with van der Waals surface area (Å²) in [5.41, 5.74) is 1.87. The molecule has 3 aliphatic heterocycles. The number of imidazole rings is 1. The summed E-state index contributed by atoms with van der Waals surface area (Å²) in [6.45, 7) is 4.60. The Morgan fingerprint density at radius 3 is 2.61 bits per heavy atom. The van der Waals surface area contributed by atoms with Gasteiger partial charge in [0.1, 0.15) is 18.2 Å². The SMILES string of the molecule is O=[N+]([O-])c1nccn1CC(O)CN1CCN(c2ccc3c(n2)N2CCN=C2C(c2ccccc2)=[N+]3[O-])CC1. The standard InChI is InChI=1S/C25H27N9O4/c35-19(17-31-10-8-27-25(31)34(37)38)16-29-12-14-30(15-13-29)21-7-6-20-23(28-21)32-11-9-26-24(32)22(33(20)36)18-4-2-1-3-5-18/h1-8,10,19,35H,9,11-17H2. The van der Waals surface area contributed by atoms with Crippen LogP contribution in [0.25, 0.3) is 0 Å². The number of rotatable bonds is 7. The molecule has 38 heavy (non-hydrogen) atoms. The van der Waals surface area contributed by atoms with Crippen molar-refractivity contribution in [2.45, 2.75) is 12.6 Å². The van der Waals surface area contributed by atoms with E-state index in [0.29, 0.717) is 68.9 Å². The van der Waals surface area contributed by atoms with Crippen molar-refractivity contribution >= 4 is 34.8 Å². The van der Waals surface area contributed by atoms with Gasteiger partial charge in [0.15, 0.2) is 0 Å². The van der Waals surface area contributed by atoms with E-state index in [1.165, 1.54) is 17.0 Å². The Balaban J connectivity index is 1.14. The molecule has 1 saturated heterocycles. The Morgan fingerprint density at radius 1 is 1.05 bits per heavy atom. The normalized spacial score (nSPS) is 18.3. The molecule has 0 bridgehead atoms. The van der Waals surface area contributed by atoms with Gasteiger partial charge in [0.25, 0.3) is 11.4 Å². The Kier molecular flexibility index (Phi) is 6.21. The lowest BCUT2D eigenvalue weighted by molar-refractivity contribution is -0.397. The summed E-state index contributed by atoms with van der Waals surface area (Å²) < 4.78 is 2.29. The van der Waals surface area contributed by atoms with E-state index in [1.807, 2.05) is 47.4 Å². The molecule has 3 aliphatic rings. The van der Waals surface area contributed by atoms with Crippen LogP contribution in [0.15, 0.2) is 59.9 Å². The molecule has 0 amide bonds. The van der Waals surface area contributed by atoms with E-state index >= 15 is 0 Å². The van der Waals surface area contributed by atoms with Crippen LogP contribution in [-0.2, 0) is 6.54 Å². The van der Waals surface area contributed by atoms with Gasteiger partial charge in [-0.05, 0) is 23.1 Å². The molecule has 6 rings (SSSR count). The highest BCUT2D eigenvalue weighted by molar-refractivity contribution is 6.51. The van der Waals surface area contributed by atoms with Crippen molar-refractivity contribution in [3.8, 4) is 0 Å². The number of aliphatic hydroxyl groups excluding tert-OH is 1. The summed E-state index contributed by atoms with van der Waals surface area (Å²) in [6.07, 6.45) is 2.10. The maximum absolute atomic E-state index is 13.4. The highest BCUT2D eigenvalue weighted by Gasteiger charge is 2.39. The number of amidine groups is 1. The molecule has 13 nitrogen and oxygen atoms in total. The van der Waals surface area contributed by atoms with Crippen LogP contribution in [0, 0.1) is 15.3 Å². The number of aromatic nitrogens is 3. The lowest BCUT2D eigenvalue weighted by Crippen LogP contribution is -2.49. The van der Waals surface area contributed by atoms with Crippen LogP contribution in [0.1, 0.15) is 5.56 Å². The first kappa shape index (κ1) is 24.0. The maximum atomic E-state index is 13.4. The molecular formula is C25H27N9O4. The van der Waals surface area contributed by atoms with Crippen molar-refractivity contribution in [2.24, 2.45) is 4.99 Å². The summed E-state index contributed by atoms with van der Waals surface area (Å²) in [4.78, 5) is 30.1. The average Bonchev–Trinajstić information content (AvgIpc) is 3.60. The minimum atomic E-state index is -0.762. The van der Waals surface area contributed by atoms with Crippen LogP contribution >= 0.6 is 0 Å². The fourth-order valence-corrected chi connectivity index (χ4v) is 5.23. The number of β-amino-alcohol motifs (C(OH)–C–C–N with tert-alkyl or cyclic N) is 1. The van der Waals surface area contributed by atoms with Gasteiger partial charge >= 0.3 is 5.95 Å². The predicted octanol–water partition coefficient (Wildman–Crippen LogP) is 1.23. The Hall–Kier alpha value is -4.36. The van der Waals surface area contributed by atoms with Gasteiger partial charge in [-0.2, -0.15) is 4.74 Å². The van der Waals surface area contributed by atoms with Crippen molar-refractivity contribution < 1.29 is 14.8 Å². The number of pyridine rings is 1. The quantitative estimate of drug-likeness (QED) is 0.212. The first-order valence-electron chi connectivity index (χ1n) is 12.5. The zero-order valence-corrected chi connectivity index (χ0v) is 20.6. The van der Waals surface area contributed by atoms with E-state index < -0.39 is 11.0 Å². The van der Waals surface area contributed by atoms with E-state index in [1.54, 1.807) is 0 Å². The van der Waals surface area contributed by atoms with Crippen LogP contribution in [0.4, 0.5) is 23.3 Å². The molecule has 1 fully saturated rings. The largest absolute Gasteiger partial charge is 0.618 e. The second-order valence-corrected chi connectivity index (χ2v) is 9.46. The third kappa shape index (κ3) is 4.35. The van der Waals surface area contributed by atoms with Crippen molar-refractivity contribution in [1.82, 2.24) is 19.4 Å². The van der Waals surface area contributed by atoms with Crippen LogP contribution in [-0.4, -0.2) is 97.7 Å². The molecule has 0 aliphatic carbocycles. The highest BCUT2D eigenvalue weighted by Crippen LogP contribution is 2.35. The first-order valence-corrected chi connectivity index (χ1v) is 12.5. The van der Waals surface area contributed by atoms with Gasteiger partial charge in [0.05, 0.1) is 24.8 Å². The van der Waals surface area contributed by atoms with Crippen molar-refractivity contribution in [2.75, 3.05) is 55.6 Å². The van der Waals surface area contributed by atoms with Gasteiger partial charge in [-0.15, -0.1) is 0 Å². The van der Waals surface area contributed by atoms with Gasteiger partial charge in [-0.25, -0.2) is 9.55 Å². The molecule has 3 aromatic rings. The van der Waals surface area contributed by atoms with E-state index in [0.717, 1.165) is 16.1 Å². The van der Waals surface area contributed by atoms with Crippen LogP contribution in [0.5, 0.6) is 0 Å². The smallest absolute Gasteiger partial charge is 0.434 e. The molecule has 1 aromatic carbocycles. The Bertz CT molecular complexity index is 1410. The monoisotopic (exact) mass is 517 g/mol. The number of piperazine rings is 1. The Morgan fingerprint density at radius 2 is 1.84 bits per heavy atom. The van der Waals surface area contributed by atoms with Gasteiger partial charge in [-0.3, -0.25) is 14.8 Å². The maximum Gasteiger partial charge on any atom is 0.434 e. The van der Waals surface area contributed by atoms with E-state index in [2.05, 4.69) is 19.8 Å². The molecule has 13 heteroatoms. The molecule has 2 aromatic heterocycles. The molecule has 196 valence electrons. The summed E-state index contributed by atoms with van der Waals surface area (Å²) in [6, 6.07) is 13.3. The van der Waals surface area contributed by atoms with E-state index in [9.17, 15) is 20.4 Å². The summed E-state index contributed by atoms with van der Waals surface area (Å²) >= 11 is 0. The lowest BCUT2D eigenvalue weighted by atomic mass is 10.1. The summed E-state index contributed by atoms with van der Waals surface area (Å²) in [5.74, 6) is 1.79. The average molecular weight is 518 g/mol. The van der Waals surface area contributed by atoms with Gasteiger partial charge in [-0.1, -0.05) is 23.2 Å². The van der Waals surface area contributed by atoms with Gasteiger partial charge in [0, 0.05) is 45.3 Å². The first-order chi connectivity index (χ1) is 18.5. The van der Waals surface area contributed by atoms with Crippen molar-refractivity contribution in [3.63, 3.8) is 0 Å². The molecule has 0 radical (unpaired) electrons. The second kappa shape index (κ2) is 9.84. The lowest BCUT2D eigenvalue weighted by Gasteiger charge is -2.36. The fraction of sp³-hybridized carbons (Fsp3) is 0.360. The fourth-order valence-electron chi connectivity index (χ4n) is 5.23. The Labute approximate surface area is 218 Å². The molecule has 1 unspecified atom stereocenters. The van der Waals surface area contributed by atoms with Crippen molar-refractivity contribution in [3.05, 3.63) is 75.7 Å². The van der Waals surface area contributed by atoms with Crippen molar-refractivity contribution in [1.29, 1.82) is 0 Å². The zero-order chi connectivity index (χ0) is 26.2. The van der Waals surface area contributed by atoms with E-state index in [-0.39, 0.29) is 12.5 Å². The van der Waals surface area contributed by atoms with Gasteiger partial charge in [0.2, 0.25) is 11.7 Å². The van der Waals surface area contributed by atoms with Crippen LogP contribution < -0.4 is 9.80 Å². The topological polar surface area (TPSA) is 142 Å². The van der Waals surface area contributed by atoms with Crippen LogP contribution in [0.3, 0.4) is 0 Å². The number of hydrogen-bond donors (Lipinski definition) is 1. The van der Waals surface area contributed by atoms with E-state index in [4.69, 9.17) is 4.98 Å². The third-order valence-corrected chi connectivity index (χ3v) is 7.05. The number of hydrogen-bond acceptors (Lipinski definition) is 10. The van der Waals surface area contributed by atoms with Gasteiger partial charge < -0.3 is 25.3 Å². The molecule has 0 spiro atoms.